The number of imidazole rings is 1. The smallest absolute Gasteiger partial charge is 0.330 e. The third kappa shape index (κ3) is 5.21. The molecule has 3 aromatic rings. The number of aromatic amines is 1. The van der Waals surface area contributed by atoms with Crippen molar-refractivity contribution in [1.29, 1.82) is 0 Å². The van der Waals surface area contributed by atoms with Gasteiger partial charge in [0.25, 0.3) is 5.56 Å². The quantitative estimate of drug-likeness (QED) is 0.538. The number of aryl methyl sites for hydroxylation is 3. The molecule has 0 aliphatic carbocycles. The topological polar surface area (TPSA) is 85.2 Å². The van der Waals surface area contributed by atoms with Crippen molar-refractivity contribution in [2.45, 2.75) is 58.5 Å². The Hall–Kier alpha value is -2.87. The van der Waals surface area contributed by atoms with Crippen LogP contribution in [0.2, 0.25) is 0 Å². The number of fused-ring (bicyclic) bond motifs is 1. The van der Waals surface area contributed by atoms with Crippen LogP contribution in [0.25, 0.3) is 11.2 Å². The highest BCUT2D eigenvalue weighted by Crippen LogP contribution is 2.24. The van der Waals surface area contributed by atoms with Crippen molar-refractivity contribution in [1.82, 2.24) is 24.0 Å². The van der Waals surface area contributed by atoms with Crippen LogP contribution in [0.15, 0.2) is 33.9 Å². The van der Waals surface area contributed by atoms with E-state index in [1.807, 2.05) is 23.7 Å². The maximum atomic E-state index is 12.5. The van der Waals surface area contributed by atoms with Crippen molar-refractivity contribution in [2.75, 3.05) is 20.2 Å². The van der Waals surface area contributed by atoms with E-state index in [0.717, 1.165) is 49.8 Å². The van der Waals surface area contributed by atoms with Crippen LogP contribution in [0, 0.1) is 5.92 Å². The summed E-state index contributed by atoms with van der Waals surface area (Å²) in [5, 5.41) is 0. The molecule has 8 heteroatoms. The molecule has 0 saturated carbocycles. The number of unbranched alkanes of at least 4 members (excludes halogenated alkanes) is 1. The van der Waals surface area contributed by atoms with Crippen molar-refractivity contribution in [3.05, 3.63) is 56.5 Å². The largest absolute Gasteiger partial charge is 0.497 e. The molecule has 33 heavy (non-hydrogen) atoms. The molecule has 2 aromatic heterocycles. The number of nitrogens with zero attached hydrogens (tertiary/aromatic N) is 4. The normalized spacial score (nSPS) is 15.4. The molecule has 0 spiro atoms. The average Bonchev–Trinajstić information content (AvgIpc) is 3.15. The number of rotatable bonds is 9. The Labute approximate surface area is 194 Å². The van der Waals surface area contributed by atoms with Crippen LogP contribution in [-0.2, 0) is 26.6 Å². The van der Waals surface area contributed by atoms with Gasteiger partial charge in [0.15, 0.2) is 11.2 Å². The van der Waals surface area contributed by atoms with E-state index in [0.29, 0.717) is 24.3 Å². The summed E-state index contributed by atoms with van der Waals surface area (Å²) in [6, 6.07) is 8.37. The summed E-state index contributed by atoms with van der Waals surface area (Å²) < 4.78 is 8.70. The Morgan fingerprint density at radius 1 is 1.15 bits per heavy atom. The SMILES string of the molecule is CCCCn1c(=O)[nH]c(=O)c2c1nc(CN1CCC(CCc3ccc(OC)cc3)CC1)n2C. The van der Waals surface area contributed by atoms with Crippen LogP contribution in [0.1, 0.15) is 50.4 Å². The first-order valence-electron chi connectivity index (χ1n) is 12.0. The predicted octanol–water partition coefficient (Wildman–Crippen LogP) is 3.08. The standard InChI is InChI=1S/C25H35N5O3/c1-4-5-14-30-23-22(24(31)27-25(30)32)28(2)21(26-23)17-29-15-12-19(13-16-29)7-6-18-8-10-20(33-3)11-9-18/h8-11,19H,4-7,12-17H2,1-3H3,(H,27,31,32). The lowest BCUT2D eigenvalue weighted by molar-refractivity contribution is 0.168. The second kappa shape index (κ2) is 10.4. The van der Waals surface area contributed by atoms with Gasteiger partial charge in [-0.05, 0) is 68.8 Å². The third-order valence-corrected chi connectivity index (χ3v) is 6.91. The molecule has 1 aliphatic heterocycles. The first-order valence-corrected chi connectivity index (χ1v) is 12.0. The van der Waals surface area contributed by atoms with Gasteiger partial charge in [-0.2, -0.15) is 0 Å². The molecular weight excluding hydrogens is 418 g/mol. The molecular formula is C25H35N5O3. The van der Waals surface area contributed by atoms with Crippen LogP contribution in [0.4, 0.5) is 0 Å². The van der Waals surface area contributed by atoms with Crippen molar-refractivity contribution in [3.63, 3.8) is 0 Å². The average molecular weight is 454 g/mol. The second-order valence-corrected chi connectivity index (χ2v) is 9.13. The molecule has 1 fully saturated rings. The summed E-state index contributed by atoms with van der Waals surface area (Å²) in [5.41, 5.74) is 1.61. The van der Waals surface area contributed by atoms with Gasteiger partial charge in [-0.25, -0.2) is 9.78 Å². The van der Waals surface area contributed by atoms with Gasteiger partial charge in [0, 0.05) is 13.6 Å². The van der Waals surface area contributed by atoms with E-state index >= 15 is 0 Å². The molecule has 178 valence electrons. The van der Waals surface area contributed by atoms with E-state index in [2.05, 4.69) is 28.9 Å². The fraction of sp³-hybridized carbons (Fsp3) is 0.560. The van der Waals surface area contributed by atoms with Crippen LogP contribution >= 0.6 is 0 Å². The Bertz CT molecular complexity index is 1180. The number of aromatic nitrogens is 4. The minimum Gasteiger partial charge on any atom is -0.497 e. The van der Waals surface area contributed by atoms with Gasteiger partial charge in [0.1, 0.15) is 11.6 Å². The molecule has 0 atom stereocenters. The van der Waals surface area contributed by atoms with E-state index in [1.54, 1.807) is 11.7 Å². The first kappa shape index (κ1) is 23.3. The molecule has 1 aromatic carbocycles. The summed E-state index contributed by atoms with van der Waals surface area (Å²) in [7, 11) is 3.57. The molecule has 0 bridgehead atoms. The van der Waals surface area contributed by atoms with Crippen molar-refractivity contribution >= 4 is 11.2 Å². The zero-order valence-electron chi connectivity index (χ0n) is 20.0. The number of nitrogens with one attached hydrogen (secondary N) is 1. The number of hydrogen-bond acceptors (Lipinski definition) is 5. The van der Waals surface area contributed by atoms with Crippen molar-refractivity contribution in [3.8, 4) is 5.75 Å². The van der Waals surface area contributed by atoms with Gasteiger partial charge in [0.05, 0.1) is 13.7 Å². The molecule has 1 N–H and O–H groups in total. The fourth-order valence-electron chi connectivity index (χ4n) is 4.75. The molecule has 0 unspecified atom stereocenters. The monoisotopic (exact) mass is 453 g/mol. The second-order valence-electron chi connectivity index (χ2n) is 9.13. The molecule has 0 amide bonds. The molecule has 8 nitrogen and oxygen atoms in total. The number of likely N-dealkylation sites (tertiary alicyclic amines) is 1. The molecule has 3 heterocycles. The Kier molecular flexibility index (Phi) is 7.33. The van der Waals surface area contributed by atoms with Crippen LogP contribution < -0.4 is 16.0 Å². The summed E-state index contributed by atoms with van der Waals surface area (Å²) in [6.45, 7) is 5.39. The van der Waals surface area contributed by atoms with Gasteiger partial charge >= 0.3 is 5.69 Å². The number of H-pyrrole nitrogens is 1. The highest BCUT2D eigenvalue weighted by molar-refractivity contribution is 5.70. The highest BCUT2D eigenvalue weighted by Gasteiger charge is 2.22. The predicted molar refractivity (Wildman–Crippen MR) is 130 cm³/mol. The van der Waals surface area contributed by atoms with Gasteiger partial charge in [-0.15, -0.1) is 0 Å². The van der Waals surface area contributed by atoms with E-state index < -0.39 is 0 Å². The van der Waals surface area contributed by atoms with Crippen molar-refractivity contribution in [2.24, 2.45) is 13.0 Å². The van der Waals surface area contributed by atoms with Gasteiger partial charge in [-0.1, -0.05) is 25.5 Å². The minimum atomic E-state index is -0.372. The maximum absolute atomic E-state index is 12.5. The number of ether oxygens (including phenoxy) is 1. The Morgan fingerprint density at radius 2 is 1.88 bits per heavy atom. The summed E-state index contributed by atoms with van der Waals surface area (Å²) in [5.74, 6) is 2.47. The lowest BCUT2D eigenvalue weighted by Gasteiger charge is -2.31. The Balaban J connectivity index is 1.38. The van der Waals surface area contributed by atoms with E-state index in [1.165, 1.54) is 24.8 Å². The summed E-state index contributed by atoms with van der Waals surface area (Å²) in [4.78, 5) is 34.4. The molecule has 1 saturated heterocycles. The zero-order valence-corrected chi connectivity index (χ0v) is 20.0. The highest BCUT2D eigenvalue weighted by atomic mass is 16.5. The van der Waals surface area contributed by atoms with E-state index in [4.69, 9.17) is 9.72 Å². The van der Waals surface area contributed by atoms with Gasteiger partial charge in [-0.3, -0.25) is 19.2 Å². The molecule has 1 aliphatic rings. The van der Waals surface area contributed by atoms with E-state index in [-0.39, 0.29) is 11.2 Å². The summed E-state index contributed by atoms with van der Waals surface area (Å²) in [6.07, 6.45) is 6.48. The summed E-state index contributed by atoms with van der Waals surface area (Å²) >= 11 is 0. The van der Waals surface area contributed by atoms with Gasteiger partial charge in [0.2, 0.25) is 0 Å². The maximum Gasteiger partial charge on any atom is 0.330 e. The van der Waals surface area contributed by atoms with Gasteiger partial charge < -0.3 is 9.30 Å². The number of hydrogen-bond donors (Lipinski definition) is 1. The number of benzene rings is 1. The van der Waals surface area contributed by atoms with Crippen LogP contribution in [0.3, 0.4) is 0 Å². The number of piperidine rings is 1. The Morgan fingerprint density at radius 3 is 2.55 bits per heavy atom. The first-order chi connectivity index (χ1) is 16.0. The number of methoxy groups -OCH3 is 1. The van der Waals surface area contributed by atoms with E-state index in [9.17, 15) is 9.59 Å². The lowest BCUT2D eigenvalue weighted by atomic mass is 9.90. The lowest BCUT2D eigenvalue weighted by Crippen LogP contribution is -2.34. The third-order valence-electron chi connectivity index (χ3n) is 6.91. The molecule has 0 radical (unpaired) electrons. The minimum absolute atomic E-state index is 0.360. The zero-order chi connectivity index (χ0) is 23.4. The van der Waals surface area contributed by atoms with Crippen LogP contribution in [-0.4, -0.2) is 44.2 Å². The fourth-order valence-corrected chi connectivity index (χ4v) is 4.75. The van der Waals surface area contributed by atoms with Crippen molar-refractivity contribution < 1.29 is 4.74 Å². The molecule has 4 rings (SSSR count). The van der Waals surface area contributed by atoms with Crippen LogP contribution in [0.5, 0.6) is 5.75 Å².